The van der Waals surface area contributed by atoms with Gasteiger partial charge in [-0.1, -0.05) is 24.3 Å². The van der Waals surface area contributed by atoms with Gasteiger partial charge in [-0.3, -0.25) is 15.3 Å². The minimum Gasteiger partial charge on any atom is -0.505 e. The van der Waals surface area contributed by atoms with Crippen LogP contribution in [0, 0.1) is 0 Å². The number of anilines is 1. The van der Waals surface area contributed by atoms with Gasteiger partial charge in [-0.05, 0) is 30.3 Å². The number of phenolic OH excluding ortho intramolecular Hbond substituents is 1. The highest BCUT2D eigenvalue weighted by molar-refractivity contribution is 5.85. The van der Waals surface area contributed by atoms with E-state index in [0.717, 1.165) is 22.5 Å². The number of rotatable bonds is 4. The van der Waals surface area contributed by atoms with Gasteiger partial charge in [0, 0.05) is 29.4 Å². The van der Waals surface area contributed by atoms with Gasteiger partial charge in [0.15, 0.2) is 6.04 Å². The standard InChI is InChI=1S/C20H16N4O/c25-20-15(10-9-14-6-5-13-23-18(14)20)19(16-7-1-3-11-21-16)24-17-8-2-4-12-22-17/h1-13,19,25H,(H,22,24)/p+1/t19-/m0/s1. The van der Waals surface area contributed by atoms with Gasteiger partial charge in [-0.15, -0.1) is 0 Å². The van der Waals surface area contributed by atoms with Crippen LogP contribution in [0.2, 0.25) is 0 Å². The van der Waals surface area contributed by atoms with E-state index in [4.69, 9.17) is 0 Å². The number of aromatic nitrogens is 3. The lowest BCUT2D eigenvalue weighted by Gasteiger charge is -2.16. The Balaban J connectivity index is 1.85. The third-order valence-electron chi connectivity index (χ3n) is 4.08. The van der Waals surface area contributed by atoms with Crippen molar-refractivity contribution < 1.29 is 10.1 Å². The summed E-state index contributed by atoms with van der Waals surface area (Å²) < 4.78 is 0. The quantitative estimate of drug-likeness (QED) is 0.602. The van der Waals surface area contributed by atoms with Gasteiger partial charge in [-0.2, -0.15) is 0 Å². The van der Waals surface area contributed by atoms with Gasteiger partial charge in [0.2, 0.25) is 0 Å². The molecule has 5 nitrogen and oxygen atoms in total. The monoisotopic (exact) mass is 329 g/mol. The number of aromatic hydroxyl groups is 1. The molecule has 0 saturated heterocycles. The summed E-state index contributed by atoms with van der Waals surface area (Å²) in [6, 6.07) is 18.9. The fourth-order valence-corrected chi connectivity index (χ4v) is 2.87. The van der Waals surface area contributed by atoms with Gasteiger partial charge < -0.3 is 5.11 Å². The molecule has 122 valence electrons. The largest absolute Gasteiger partial charge is 0.505 e. The lowest BCUT2D eigenvalue weighted by molar-refractivity contribution is -0.361. The lowest BCUT2D eigenvalue weighted by atomic mass is 9.99. The summed E-state index contributed by atoms with van der Waals surface area (Å²) in [5, 5.41) is 15.1. The second-order valence-electron chi connectivity index (χ2n) is 5.69. The summed E-state index contributed by atoms with van der Waals surface area (Å²) >= 11 is 0. The predicted octanol–water partition coefficient (Wildman–Crippen LogP) is 3.35. The molecule has 0 bridgehead atoms. The summed E-state index contributed by atoms with van der Waals surface area (Å²) in [4.78, 5) is 11.9. The molecule has 0 fully saturated rings. The first kappa shape index (κ1) is 15.1. The van der Waals surface area contributed by atoms with Gasteiger partial charge in [0.25, 0.3) is 5.82 Å². The summed E-state index contributed by atoms with van der Waals surface area (Å²) in [5.41, 5.74) is 2.12. The van der Waals surface area contributed by atoms with E-state index in [9.17, 15) is 5.11 Å². The van der Waals surface area contributed by atoms with Gasteiger partial charge in [0.1, 0.15) is 11.3 Å². The summed E-state index contributed by atoms with van der Waals surface area (Å²) in [5.74, 6) is 0.996. The normalized spacial score (nSPS) is 12.0. The average Bonchev–Trinajstić information content (AvgIpc) is 2.69. The van der Waals surface area contributed by atoms with E-state index in [0.29, 0.717) is 5.52 Å². The molecule has 0 aliphatic carbocycles. The van der Waals surface area contributed by atoms with Crippen LogP contribution in [0.3, 0.4) is 0 Å². The Labute approximate surface area is 145 Å². The third-order valence-corrected chi connectivity index (χ3v) is 4.08. The lowest BCUT2D eigenvalue weighted by Crippen LogP contribution is -2.19. The molecule has 25 heavy (non-hydrogen) atoms. The van der Waals surface area contributed by atoms with Crippen LogP contribution in [0.15, 0.2) is 79.3 Å². The first-order valence-corrected chi connectivity index (χ1v) is 8.04. The Kier molecular flexibility index (Phi) is 3.96. The topological polar surface area (TPSA) is 72.2 Å². The minimum atomic E-state index is -0.314. The molecular weight excluding hydrogens is 312 g/mol. The Morgan fingerprint density at radius 1 is 0.880 bits per heavy atom. The highest BCUT2D eigenvalue weighted by atomic mass is 16.3. The first-order chi connectivity index (χ1) is 12.3. The predicted molar refractivity (Wildman–Crippen MR) is 96.1 cm³/mol. The second kappa shape index (κ2) is 6.57. The van der Waals surface area contributed by atoms with Gasteiger partial charge >= 0.3 is 0 Å². The molecule has 5 heteroatoms. The van der Waals surface area contributed by atoms with E-state index in [1.807, 2.05) is 66.9 Å². The van der Waals surface area contributed by atoms with Crippen LogP contribution in [0.25, 0.3) is 10.9 Å². The molecule has 4 rings (SSSR count). The number of hydrogen-bond donors (Lipinski definition) is 2. The number of pyridine rings is 3. The number of H-pyrrole nitrogens is 1. The SMILES string of the molecule is Oc1c([C@H](Nc2cccc[nH+]2)c2ccccn2)ccc2cccnc12. The van der Waals surface area contributed by atoms with E-state index in [-0.39, 0.29) is 11.8 Å². The van der Waals surface area contributed by atoms with Crippen LogP contribution in [-0.2, 0) is 0 Å². The second-order valence-corrected chi connectivity index (χ2v) is 5.69. The van der Waals surface area contributed by atoms with Crippen LogP contribution in [0.4, 0.5) is 5.82 Å². The van der Waals surface area contributed by atoms with Crippen molar-refractivity contribution in [1.82, 2.24) is 9.97 Å². The number of nitrogens with one attached hydrogen (secondary N) is 2. The van der Waals surface area contributed by atoms with E-state index < -0.39 is 0 Å². The Bertz CT molecular complexity index is 990. The molecule has 0 radical (unpaired) electrons. The van der Waals surface area contributed by atoms with Crippen molar-refractivity contribution in [3.63, 3.8) is 0 Å². The Morgan fingerprint density at radius 2 is 1.76 bits per heavy atom. The van der Waals surface area contributed by atoms with Crippen molar-refractivity contribution in [1.29, 1.82) is 0 Å². The number of phenols is 1. The summed E-state index contributed by atoms with van der Waals surface area (Å²) in [7, 11) is 0. The molecule has 0 saturated carbocycles. The molecule has 3 N–H and O–H groups in total. The maximum Gasteiger partial charge on any atom is 0.272 e. The first-order valence-electron chi connectivity index (χ1n) is 8.04. The van der Waals surface area contributed by atoms with Crippen LogP contribution in [0.5, 0.6) is 5.75 Å². The van der Waals surface area contributed by atoms with Crippen molar-refractivity contribution in [2.45, 2.75) is 6.04 Å². The van der Waals surface area contributed by atoms with E-state index in [1.165, 1.54) is 0 Å². The van der Waals surface area contributed by atoms with E-state index in [2.05, 4.69) is 20.3 Å². The zero-order valence-electron chi connectivity index (χ0n) is 13.4. The third kappa shape index (κ3) is 2.99. The number of hydrogen-bond acceptors (Lipinski definition) is 4. The smallest absolute Gasteiger partial charge is 0.272 e. The molecule has 0 spiro atoms. The zero-order valence-corrected chi connectivity index (χ0v) is 13.4. The average molecular weight is 329 g/mol. The van der Waals surface area contributed by atoms with Gasteiger partial charge in [-0.25, -0.2) is 4.98 Å². The number of nitrogens with zero attached hydrogens (tertiary/aromatic N) is 2. The highest BCUT2D eigenvalue weighted by Crippen LogP contribution is 2.35. The fourth-order valence-electron chi connectivity index (χ4n) is 2.87. The van der Waals surface area contributed by atoms with Crippen LogP contribution >= 0.6 is 0 Å². The Morgan fingerprint density at radius 3 is 2.56 bits per heavy atom. The zero-order chi connectivity index (χ0) is 17.1. The van der Waals surface area contributed by atoms with Gasteiger partial charge in [0.05, 0.1) is 11.9 Å². The molecular formula is C20H17N4O+. The Hall–Kier alpha value is -3.47. The molecule has 0 aliphatic rings. The van der Waals surface area contributed by atoms with Crippen LogP contribution in [0.1, 0.15) is 17.3 Å². The molecule has 1 atom stereocenters. The molecule has 4 aromatic rings. The summed E-state index contributed by atoms with van der Waals surface area (Å²) in [6.07, 6.45) is 5.27. The molecule has 0 amide bonds. The number of fused-ring (bicyclic) bond motifs is 1. The maximum atomic E-state index is 10.8. The summed E-state index contributed by atoms with van der Waals surface area (Å²) in [6.45, 7) is 0. The van der Waals surface area contributed by atoms with E-state index in [1.54, 1.807) is 12.4 Å². The fraction of sp³-hybridized carbons (Fsp3) is 0.0500. The van der Waals surface area contributed by atoms with Crippen molar-refractivity contribution in [2.24, 2.45) is 0 Å². The molecule has 3 heterocycles. The number of benzene rings is 1. The maximum absolute atomic E-state index is 10.8. The molecule has 0 unspecified atom stereocenters. The van der Waals surface area contributed by atoms with Crippen molar-refractivity contribution >= 4 is 16.7 Å². The molecule has 3 aromatic heterocycles. The highest BCUT2D eigenvalue weighted by Gasteiger charge is 2.25. The van der Waals surface area contributed by atoms with Crippen molar-refractivity contribution in [3.8, 4) is 5.75 Å². The van der Waals surface area contributed by atoms with Crippen molar-refractivity contribution in [3.05, 3.63) is 90.5 Å². The molecule has 0 aliphatic heterocycles. The molecule has 1 aromatic carbocycles. The number of aromatic amines is 1. The van der Waals surface area contributed by atoms with Crippen LogP contribution < -0.4 is 10.3 Å². The van der Waals surface area contributed by atoms with Crippen LogP contribution in [-0.4, -0.2) is 15.1 Å². The minimum absolute atomic E-state index is 0.164. The van der Waals surface area contributed by atoms with Crippen molar-refractivity contribution in [2.75, 3.05) is 5.32 Å². The van der Waals surface area contributed by atoms with E-state index >= 15 is 0 Å².